The molecule has 18 heavy (non-hydrogen) atoms. The minimum absolute atomic E-state index is 0.508. The van der Waals surface area contributed by atoms with Crippen LogP contribution in [0.5, 0.6) is 0 Å². The van der Waals surface area contributed by atoms with Gasteiger partial charge < -0.3 is 20.5 Å². The number of rotatable bonds is 7. The third-order valence-electron chi connectivity index (χ3n) is 1.43. The van der Waals surface area contributed by atoms with Gasteiger partial charge in [0.1, 0.15) is 13.2 Å². The normalized spacial score (nSPS) is 32.1. The van der Waals surface area contributed by atoms with Crippen molar-refractivity contribution in [3.63, 3.8) is 0 Å². The predicted molar refractivity (Wildman–Crippen MR) is 68.2 cm³/mol. The minimum Gasteiger partial charge on any atom is -0.449 e. The Hall–Kier alpha value is -1.46. The first kappa shape index (κ1) is 4.02. The number of nitrogens with one attached hydrogen (secondary N) is 1. The summed E-state index contributed by atoms with van der Waals surface area (Å²) in [5.74, 6) is 0. The Balaban J connectivity index is 6.44. The lowest BCUT2D eigenvalue weighted by Gasteiger charge is -2.27. The van der Waals surface area contributed by atoms with Gasteiger partial charge in [0.15, 0.2) is 0 Å². The smallest absolute Gasteiger partial charge is 0.407 e. The number of alkyl carbamates (subject to hydrolysis) is 1. The lowest BCUT2D eigenvalue weighted by molar-refractivity contribution is 0.0333. The maximum Gasteiger partial charge on any atom is 0.407 e. The number of hydrogen-bond donors (Lipinski definition) is 2. The van der Waals surface area contributed by atoms with Gasteiger partial charge in [-0.1, -0.05) is 20.1 Å². The van der Waals surface area contributed by atoms with E-state index in [-0.39, 0.29) is 0 Å². The van der Waals surface area contributed by atoms with E-state index in [2.05, 4.69) is 9.47 Å². The summed E-state index contributed by atoms with van der Waals surface area (Å²) in [6.45, 7) is -15.8. The van der Waals surface area contributed by atoms with Gasteiger partial charge in [0, 0.05) is 29.3 Å². The van der Waals surface area contributed by atoms with Gasteiger partial charge in [-0.2, -0.15) is 0 Å². The second-order valence-corrected chi connectivity index (χ2v) is 3.18. The van der Waals surface area contributed by atoms with Crippen molar-refractivity contribution in [3.8, 4) is 0 Å². The Bertz CT molecular complexity index is 759. The third-order valence-corrected chi connectivity index (χ3v) is 1.43. The zero-order valence-corrected chi connectivity index (χ0v) is 9.42. The summed E-state index contributed by atoms with van der Waals surface area (Å²) in [5, 5.41) is 1.26. The molecule has 0 aliphatic heterocycles. The van der Waals surface area contributed by atoms with E-state index in [1.165, 1.54) is 5.32 Å². The third kappa shape index (κ3) is 7.76. The Labute approximate surface area is 131 Å². The molecule has 2 amide bonds. The minimum atomic E-state index is -3.86. The van der Waals surface area contributed by atoms with Crippen molar-refractivity contribution in [2.45, 2.75) is 46.2 Å². The van der Waals surface area contributed by atoms with E-state index in [9.17, 15) is 9.59 Å². The fourth-order valence-corrected chi connectivity index (χ4v) is 0.740. The van der Waals surface area contributed by atoms with E-state index in [0.29, 0.717) is 6.92 Å². The summed E-state index contributed by atoms with van der Waals surface area (Å²) < 4.78 is 129. The highest BCUT2D eigenvalue weighted by molar-refractivity contribution is 5.67. The fourth-order valence-electron chi connectivity index (χ4n) is 0.740. The number of carbonyl (C=O) groups excluding carboxylic acids is 2. The van der Waals surface area contributed by atoms with Gasteiger partial charge in [0.25, 0.3) is 0 Å². The lowest BCUT2D eigenvalue weighted by Crippen LogP contribution is -2.37. The summed E-state index contributed by atoms with van der Waals surface area (Å²) in [6, 6.07) is -3.64. The highest BCUT2D eigenvalue weighted by atomic mass is 16.6. The maximum absolute atomic E-state index is 12.2. The zero-order valence-electron chi connectivity index (χ0n) is 25.4. The molecule has 0 aliphatic carbocycles. The second kappa shape index (κ2) is 7.79. The molecule has 0 aromatic carbocycles. The number of nitrogens with two attached hydrogens (primary N) is 1. The molecule has 6 nitrogen and oxygen atoms in total. The Kier molecular flexibility index (Phi) is 1.74. The zero-order chi connectivity index (χ0) is 28.0. The van der Waals surface area contributed by atoms with Crippen molar-refractivity contribution in [1.82, 2.24) is 5.32 Å². The predicted octanol–water partition coefficient (Wildman–Crippen LogP) is 2.02. The molecule has 0 spiro atoms. The topological polar surface area (TPSA) is 90.7 Å². The van der Waals surface area contributed by atoms with Crippen molar-refractivity contribution < 1.29 is 41.0 Å². The molecule has 0 heterocycles. The number of carbonyl (C=O) groups is 2. The van der Waals surface area contributed by atoms with Gasteiger partial charge in [0.2, 0.25) is 0 Å². The Morgan fingerprint density at radius 1 is 1.56 bits per heavy atom. The largest absolute Gasteiger partial charge is 0.449 e. The molecule has 0 saturated heterocycles. The van der Waals surface area contributed by atoms with Gasteiger partial charge in [-0.05, 0) is 20.1 Å². The summed E-state index contributed by atoms with van der Waals surface area (Å²) >= 11 is 0. The molecule has 0 rings (SSSR count). The van der Waals surface area contributed by atoms with E-state index >= 15 is 0 Å². The van der Waals surface area contributed by atoms with Crippen LogP contribution in [0.3, 0.4) is 0 Å². The van der Waals surface area contributed by atoms with Crippen LogP contribution in [-0.4, -0.2) is 31.4 Å². The first-order valence-corrected chi connectivity index (χ1v) is 4.45. The second-order valence-electron chi connectivity index (χ2n) is 3.18. The van der Waals surface area contributed by atoms with Gasteiger partial charge >= 0.3 is 12.2 Å². The number of primary amides is 1. The number of hydrogen-bond acceptors (Lipinski definition) is 4. The molecule has 0 fully saturated rings. The van der Waals surface area contributed by atoms with Crippen molar-refractivity contribution in [1.29, 1.82) is 0 Å². The molecule has 0 bridgehead atoms. The van der Waals surface area contributed by atoms with Crippen molar-refractivity contribution in [3.05, 3.63) is 0 Å². The fraction of sp³-hybridized carbons (Fsp3) is 0.833. The van der Waals surface area contributed by atoms with Crippen LogP contribution in [-0.2, 0) is 9.47 Å². The van der Waals surface area contributed by atoms with E-state index in [1.807, 2.05) is 0 Å². The van der Waals surface area contributed by atoms with Crippen LogP contribution >= 0.6 is 0 Å². The van der Waals surface area contributed by atoms with Crippen molar-refractivity contribution >= 4 is 12.2 Å². The molecule has 0 aromatic rings. The average molecular weight is 276 g/mol. The van der Waals surface area contributed by atoms with Gasteiger partial charge in [-0.15, -0.1) is 0 Å². The van der Waals surface area contributed by atoms with Gasteiger partial charge in [-0.3, -0.25) is 0 Å². The summed E-state index contributed by atoms with van der Waals surface area (Å²) in [5.41, 5.74) is 1.56. The quantitative estimate of drug-likeness (QED) is 0.744. The first-order chi connectivity index (χ1) is 14.5. The van der Waals surface area contributed by atoms with Crippen molar-refractivity contribution in [2.75, 3.05) is 13.2 Å². The van der Waals surface area contributed by atoms with E-state index in [1.54, 1.807) is 0 Å². The van der Waals surface area contributed by atoms with E-state index in [4.69, 9.17) is 27.7 Å². The number of amides is 2. The van der Waals surface area contributed by atoms with Crippen LogP contribution in [0.25, 0.3) is 0 Å². The molecule has 0 radical (unpaired) electrons. The summed E-state index contributed by atoms with van der Waals surface area (Å²) in [4.78, 5) is 23.3. The summed E-state index contributed by atoms with van der Waals surface area (Å²) in [7, 11) is 0. The van der Waals surface area contributed by atoms with Crippen LogP contribution in [0.15, 0.2) is 0 Å². The van der Waals surface area contributed by atoms with Crippen LogP contribution in [0, 0.1) is 5.41 Å². The van der Waals surface area contributed by atoms with Crippen LogP contribution in [0.1, 0.15) is 62.2 Å². The standard InChI is InChI=1S/C12H24N2O4/c1-5-6-12(4,7-17-10(13)15)8-18-11(16)14-9(2)3/h9H,5-8H2,1-4H3,(H2,13,15)(H,14,16)/i1D3,2D3,3D3,5D2,6D2,7D2,9D. The number of ether oxygens (including phenoxy) is 2. The van der Waals surface area contributed by atoms with Gasteiger partial charge in [-0.25, -0.2) is 9.59 Å². The maximum atomic E-state index is 12.2. The molecular formula is C12H24N2O4. The molecule has 0 aliphatic rings. The van der Waals surface area contributed by atoms with Crippen molar-refractivity contribution in [2.24, 2.45) is 11.1 Å². The molecule has 0 saturated carbocycles. The molecule has 1 atom stereocenters. The average Bonchev–Trinajstić information content (AvgIpc) is 2.54. The van der Waals surface area contributed by atoms with Crippen LogP contribution in [0.2, 0.25) is 0 Å². The highest BCUT2D eigenvalue weighted by Crippen LogP contribution is 2.24. The SMILES string of the molecule is [2H]C([2H])([2H])C([2H])([2H])C([2H])([2H])C(C)(COC(=O)NC([2H])(C([2H])([2H])[2H])C([2H])([2H])[2H])C([2H])([2H])OC(N)=O. The molecule has 1 unspecified atom stereocenters. The molecule has 3 N–H and O–H groups in total. The molecule has 6 heteroatoms. The van der Waals surface area contributed by atoms with E-state index in [0.717, 1.165) is 0 Å². The Morgan fingerprint density at radius 3 is 2.83 bits per heavy atom. The first-order valence-electron chi connectivity index (χ1n) is 12.5. The monoisotopic (exact) mass is 276 g/mol. The van der Waals surface area contributed by atoms with Crippen LogP contribution < -0.4 is 11.1 Å². The Morgan fingerprint density at radius 2 is 2.28 bits per heavy atom. The van der Waals surface area contributed by atoms with Crippen LogP contribution in [0.4, 0.5) is 9.59 Å². The molecule has 0 aromatic heterocycles. The van der Waals surface area contributed by atoms with E-state index < -0.39 is 70.1 Å². The molecular weight excluding hydrogens is 236 g/mol. The van der Waals surface area contributed by atoms with Gasteiger partial charge in [0.05, 0.1) is 4.11 Å². The summed E-state index contributed by atoms with van der Waals surface area (Å²) in [6.07, 6.45) is -11.5. The molecule has 106 valence electrons. The lowest BCUT2D eigenvalue weighted by atomic mass is 9.87. The highest BCUT2D eigenvalue weighted by Gasteiger charge is 2.27.